The van der Waals surface area contributed by atoms with Crippen molar-refractivity contribution in [3.63, 3.8) is 0 Å². The third-order valence-corrected chi connectivity index (χ3v) is 9.14. The summed E-state index contributed by atoms with van der Waals surface area (Å²) in [5, 5.41) is 34.5. The van der Waals surface area contributed by atoms with Gasteiger partial charge in [0.15, 0.2) is 0 Å². The number of aliphatic hydroxyl groups excluding tert-OH is 2. The van der Waals surface area contributed by atoms with Crippen LogP contribution in [0.3, 0.4) is 0 Å². The number of ether oxygens (including phenoxy) is 3. The number of likely N-dealkylation sites (N-methyl/N-ethyl adjacent to an activating group) is 1. The van der Waals surface area contributed by atoms with Crippen LogP contribution in [-0.4, -0.2) is 101 Å². The third-order valence-electron chi connectivity index (χ3n) is 9.14. The number of cyclic esters (lactones) is 1. The van der Waals surface area contributed by atoms with Crippen molar-refractivity contribution >= 4 is 12.1 Å². The highest BCUT2D eigenvalue weighted by atomic mass is 16.6. The van der Waals surface area contributed by atoms with E-state index in [0.717, 1.165) is 25.2 Å². The molecular weight excluding hydrogens is 576 g/mol. The van der Waals surface area contributed by atoms with Gasteiger partial charge in [-0.1, -0.05) is 65.8 Å². The van der Waals surface area contributed by atoms with Gasteiger partial charge in [-0.25, -0.2) is 4.79 Å². The summed E-state index contributed by atoms with van der Waals surface area (Å²) in [6.07, 6.45) is 7.81. The van der Waals surface area contributed by atoms with Gasteiger partial charge < -0.3 is 39.7 Å². The highest BCUT2D eigenvalue weighted by Gasteiger charge is 2.47. The number of carbonyl (C=O) groups is 2. The molecule has 2 aliphatic heterocycles. The Labute approximate surface area is 270 Å². The molecule has 0 aromatic heterocycles. The second-order valence-corrected chi connectivity index (χ2v) is 13.2. The second-order valence-electron chi connectivity index (χ2n) is 13.2. The van der Waals surface area contributed by atoms with Crippen molar-refractivity contribution in [2.75, 3.05) is 26.2 Å². The maximum Gasteiger partial charge on any atom is 0.407 e. The van der Waals surface area contributed by atoms with E-state index in [1.54, 1.807) is 19.1 Å². The van der Waals surface area contributed by atoms with Crippen LogP contribution in [0.15, 0.2) is 36.0 Å². The van der Waals surface area contributed by atoms with Gasteiger partial charge in [0.1, 0.15) is 12.2 Å². The molecule has 4 N–H and O–H groups in total. The van der Waals surface area contributed by atoms with E-state index in [0.29, 0.717) is 32.2 Å². The first-order chi connectivity index (χ1) is 21.2. The number of esters is 1. The summed E-state index contributed by atoms with van der Waals surface area (Å²) in [7, 11) is 0. The van der Waals surface area contributed by atoms with Crippen molar-refractivity contribution in [1.29, 1.82) is 0 Å². The summed E-state index contributed by atoms with van der Waals surface area (Å²) in [4.78, 5) is 27.6. The molecule has 10 nitrogen and oxygen atoms in total. The number of aliphatic hydroxyl groups is 3. The number of alkyl carbamates (subject to hydrolysis) is 1. The van der Waals surface area contributed by atoms with Crippen LogP contribution in [0.2, 0.25) is 0 Å². The van der Waals surface area contributed by atoms with Gasteiger partial charge in [-0.15, -0.1) is 0 Å². The van der Waals surface area contributed by atoms with E-state index in [1.807, 2.05) is 52.8 Å². The molecule has 1 amide bonds. The van der Waals surface area contributed by atoms with Crippen molar-refractivity contribution in [3.05, 3.63) is 36.0 Å². The number of nitrogens with one attached hydrogen (secondary N) is 1. The monoisotopic (exact) mass is 636 g/mol. The zero-order valence-electron chi connectivity index (χ0n) is 28.8. The molecule has 10 heteroatoms. The van der Waals surface area contributed by atoms with Gasteiger partial charge in [0.05, 0.1) is 36.4 Å². The Kier molecular flexibility index (Phi) is 16.3. The Morgan fingerprint density at radius 1 is 1.22 bits per heavy atom. The van der Waals surface area contributed by atoms with Gasteiger partial charge in [0.2, 0.25) is 0 Å². The molecule has 1 saturated heterocycles. The molecule has 10 atom stereocenters. The normalized spacial score (nSPS) is 31.0. The largest absolute Gasteiger partial charge is 0.457 e. The fourth-order valence-electron chi connectivity index (χ4n) is 5.82. The van der Waals surface area contributed by atoms with Crippen LogP contribution in [0, 0.1) is 17.8 Å². The average molecular weight is 637 g/mol. The summed E-state index contributed by atoms with van der Waals surface area (Å²) in [5.41, 5.74) is -0.364. The van der Waals surface area contributed by atoms with Crippen molar-refractivity contribution in [2.45, 2.75) is 130 Å². The molecular formula is C35H60N2O8. The SMILES string of the molecule is CCC(O)C(C)C1OC1CC(C)(O)C=CC=C(C)C1OC(=O)CC(O)CCC(C)C(OC(=O)NCCN(CC)CC)C=CC1C. The molecule has 0 saturated carbocycles. The lowest BCUT2D eigenvalue weighted by Gasteiger charge is -2.27. The van der Waals surface area contributed by atoms with E-state index in [9.17, 15) is 24.9 Å². The summed E-state index contributed by atoms with van der Waals surface area (Å²) < 4.78 is 17.4. The van der Waals surface area contributed by atoms with Crippen LogP contribution in [-0.2, 0) is 19.0 Å². The highest BCUT2D eigenvalue weighted by Crippen LogP contribution is 2.37. The summed E-state index contributed by atoms with van der Waals surface area (Å²) in [6, 6.07) is 0. The number of hydrogen-bond acceptors (Lipinski definition) is 9. The van der Waals surface area contributed by atoms with Gasteiger partial charge in [-0.3, -0.25) is 4.79 Å². The van der Waals surface area contributed by atoms with Crippen molar-refractivity contribution in [3.8, 4) is 0 Å². The molecule has 1 fully saturated rings. The van der Waals surface area contributed by atoms with Crippen molar-refractivity contribution in [1.82, 2.24) is 10.2 Å². The van der Waals surface area contributed by atoms with E-state index in [1.165, 1.54) is 0 Å². The number of hydrogen-bond donors (Lipinski definition) is 4. The highest BCUT2D eigenvalue weighted by molar-refractivity contribution is 5.70. The fraction of sp³-hybridized carbons (Fsp3) is 0.771. The maximum absolute atomic E-state index is 12.8. The number of rotatable bonds is 14. The Balaban J connectivity index is 2.12. The number of carbonyl (C=O) groups excluding carboxylic acids is 2. The van der Waals surface area contributed by atoms with E-state index >= 15 is 0 Å². The molecule has 2 aliphatic rings. The van der Waals surface area contributed by atoms with E-state index in [-0.39, 0.29) is 36.4 Å². The molecule has 0 bridgehead atoms. The second kappa shape index (κ2) is 18.8. The molecule has 10 unspecified atom stereocenters. The van der Waals surface area contributed by atoms with Gasteiger partial charge >= 0.3 is 12.1 Å². The van der Waals surface area contributed by atoms with Crippen molar-refractivity contribution in [2.24, 2.45) is 17.8 Å². The molecule has 2 heterocycles. The lowest BCUT2D eigenvalue weighted by molar-refractivity contribution is -0.151. The van der Waals surface area contributed by atoms with E-state index in [4.69, 9.17) is 14.2 Å². The van der Waals surface area contributed by atoms with Crippen LogP contribution in [0.1, 0.15) is 87.5 Å². The first-order valence-corrected chi connectivity index (χ1v) is 16.9. The molecule has 0 spiro atoms. The topological polar surface area (TPSA) is 141 Å². The number of epoxide rings is 1. The minimum Gasteiger partial charge on any atom is -0.457 e. The van der Waals surface area contributed by atoms with Gasteiger partial charge in [0.25, 0.3) is 0 Å². The zero-order valence-corrected chi connectivity index (χ0v) is 28.8. The summed E-state index contributed by atoms with van der Waals surface area (Å²) >= 11 is 0. The number of nitrogens with zero attached hydrogens (tertiary/aromatic N) is 1. The van der Waals surface area contributed by atoms with Crippen LogP contribution in [0.25, 0.3) is 0 Å². The smallest absolute Gasteiger partial charge is 0.407 e. The minimum atomic E-state index is -1.13. The maximum atomic E-state index is 12.8. The Morgan fingerprint density at radius 3 is 2.56 bits per heavy atom. The quantitative estimate of drug-likeness (QED) is 0.0937. The van der Waals surface area contributed by atoms with Crippen LogP contribution >= 0.6 is 0 Å². The van der Waals surface area contributed by atoms with Gasteiger partial charge in [-0.05, 0) is 63.8 Å². The Hall–Kier alpha value is -2.24. The zero-order chi connectivity index (χ0) is 33.7. The van der Waals surface area contributed by atoms with Gasteiger partial charge in [0, 0.05) is 31.3 Å². The average Bonchev–Trinajstić information content (AvgIpc) is 3.75. The number of allylic oxidation sites excluding steroid dienone is 2. The molecule has 0 aliphatic carbocycles. The number of amides is 1. The first-order valence-electron chi connectivity index (χ1n) is 16.9. The lowest BCUT2D eigenvalue weighted by Crippen LogP contribution is -2.37. The molecule has 2 rings (SSSR count). The van der Waals surface area contributed by atoms with E-state index < -0.39 is 42.1 Å². The Morgan fingerprint density at radius 2 is 1.91 bits per heavy atom. The van der Waals surface area contributed by atoms with Crippen LogP contribution in [0.5, 0.6) is 0 Å². The molecule has 45 heavy (non-hydrogen) atoms. The summed E-state index contributed by atoms with van der Waals surface area (Å²) in [5.74, 6) is -0.807. The molecule has 0 radical (unpaired) electrons. The molecule has 0 aromatic rings. The lowest BCUT2D eigenvalue weighted by atomic mass is 9.91. The van der Waals surface area contributed by atoms with Crippen LogP contribution in [0.4, 0.5) is 4.79 Å². The van der Waals surface area contributed by atoms with Crippen molar-refractivity contribution < 1.29 is 39.1 Å². The molecule has 0 aromatic carbocycles. The van der Waals surface area contributed by atoms with E-state index in [2.05, 4.69) is 24.1 Å². The minimum absolute atomic E-state index is 0.00526. The third kappa shape index (κ3) is 13.6. The fourth-order valence-corrected chi connectivity index (χ4v) is 5.82. The predicted molar refractivity (Wildman–Crippen MR) is 176 cm³/mol. The summed E-state index contributed by atoms with van der Waals surface area (Å²) in [6.45, 7) is 18.6. The first kappa shape index (κ1) is 38.9. The molecule has 258 valence electrons. The Bertz CT molecular complexity index is 1010. The standard InChI is InChI=1S/C35H60N2O8/c1-9-28(39)26(7)33-30(43-33)22-35(8,42)18-12-13-24(5)32-25(6)15-17-29(23(4)14-16-27(38)21-31(40)45-32)44-34(41)36-19-20-37(10-2)11-3/h12-13,15,17-18,23,25-30,32-33,38-39,42H,9-11,14,16,19-22H2,1-8H3,(H,36,41). The van der Waals surface area contributed by atoms with Crippen LogP contribution < -0.4 is 5.32 Å². The van der Waals surface area contributed by atoms with Gasteiger partial charge in [-0.2, -0.15) is 0 Å². The predicted octanol–water partition coefficient (Wildman–Crippen LogP) is 4.53.